The number of ether oxygens (including phenoxy) is 1. The molecule has 0 radical (unpaired) electrons. The van der Waals surface area contributed by atoms with Gasteiger partial charge in [0.2, 0.25) is 0 Å². The molecule has 0 saturated carbocycles. The zero-order chi connectivity index (χ0) is 11.1. The Kier molecular flexibility index (Phi) is 4.50. The molecule has 80 valence electrons. The Hall–Kier alpha value is -1.68. The average Bonchev–Trinajstić information content (AvgIpc) is 2.29. The molecule has 0 aliphatic heterocycles. The maximum atomic E-state index is 11.1. The number of pyridine rings is 1. The molecule has 0 unspecified atom stereocenters. The summed E-state index contributed by atoms with van der Waals surface area (Å²) in [6, 6.07) is 3.44. The molecule has 1 aromatic rings. The van der Waals surface area contributed by atoms with E-state index < -0.39 is 0 Å². The lowest BCUT2D eigenvalue weighted by atomic mass is 10.2. The fraction of sp³-hybridized carbons (Fsp3) is 0.273. The van der Waals surface area contributed by atoms with Crippen molar-refractivity contribution in [2.45, 2.75) is 6.42 Å². The van der Waals surface area contributed by atoms with Crippen LogP contribution in [0.4, 0.5) is 0 Å². The number of hydrogen-bond donors (Lipinski definition) is 1. The van der Waals surface area contributed by atoms with Crippen LogP contribution in [0, 0.1) is 0 Å². The molecule has 0 aliphatic carbocycles. The second-order valence-electron chi connectivity index (χ2n) is 2.94. The van der Waals surface area contributed by atoms with Crippen molar-refractivity contribution in [2.24, 2.45) is 5.73 Å². The molecule has 4 nitrogen and oxygen atoms in total. The second kappa shape index (κ2) is 5.93. The molecule has 0 aliphatic rings. The number of methoxy groups -OCH3 is 1. The van der Waals surface area contributed by atoms with E-state index in [2.05, 4.69) is 9.72 Å². The summed E-state index contributed by atoms with van der Waals surface area (Å²) in [6.45, 7) is 0.622. The Labute approximate surface area is 88.8 Å². The topological polar surface area (TPSA) is 65.2 Å². The molecule has 1 rings (SSSR count). The van der Waals surface area contributed by atoms with Gasteiger partial charge < -0.3 is 10.5 Å². The van der Waals surface area contributed by atoms with Gasteiger partial charge in [-0.25, -0.2) is 4.79 Å². The lowest BCUT2D eigenvalue weighted by molar-refractivity contribution is 0.0600. The van der Waals surface area contributed by atoms with E-state index >= 15 is 0 Å². The molecule has 0 saturated heterocycles. The molecule has 1 aromatic heterocycles. The first-order valence-corrected chi connectivity index (χ1v) is 4.69. The highest BCUT2D eigenvalue weighted by molar-refractivity contribution is 5.88. The van der Waals surface area contributed by atoms with E-state index in [0.717, 1.165) is 12.1 Å². The third-order valence-electron chi connectivity index (χ3n) is 1.83. The maximum Gasteiger partial charge on any atom is 0.339 e. The Bertz CT molecular complexity index is 344. The molecule has 0 amide bonds. The highest BCUT2D eigenvalue weighted by Gasteiger charge is 2.03. The third kappa shape index (κ3) is 3.52. The molecule has 0 spiro atoms. The van der Waals surface area contributed by atoms with Gasteiger partial charge >= 0.3 is 5.97 Å². The quantitative estimate of drug-likeness (QED) is 0.752. The summed E-state index contributed by atoms with van der Waals surface area (Å²) < 4.78 is 4.56. The van der Waals surface area contributed by atoms with Crippen molar-refractivity contribution in [3.05, 3.63) is 35.7 Å². The van der Waals surface area contributed by atoms with Crippen molar-refractivity contribution in [2.75, 3.05) is 13.7 Å². The SMILES string of the molecule is COC(=O)c1ccc(C=CCCN)nc1. The van der Waals surface area contributed by atoms with E-state index in [9.17, 15) is 4.79 Å². The van der Waals surface area contributed by atoms with Gasteiger partial charge in [-0.2, -0.15) is 0 Å². The van der Waals surface area contributed by atoms with Crippen LogP contribution < -0.4 is 5.73 Å². The van der Waals surface area contributed by atoms with Gasteiger partial charge in [0, 0.05) is 6.20 Å². The first-order valence-electron chi connectivity index (χ1n) is 4.69. The number of esters is 1. The van der Waals surface area contributed by atoms with Crippen LogP contribution in [0.3, 0.4) is 0 Å². The number of rotatable bonds is 4. The molecule has 4 heteroatoms. The van der Waals surface area contributed by atoms with Gasteiger partial charge in [-0.05, 0) is 31.2 Å². The van der Waals surface area contributed by atoms with E-state index in [1.165, 1.54) is 13.3 Å². The number of nitrogens with two attached hydrogens (primary N) is 1. The van der Waals surface area contributed by atoms with Gasteiger partial charge in [0.1, 0.15) is 0 Å². The van der Waals surface area contributed by atoms with Gasteiger partial charge in [0.05, 0.1) is 18.4 Å². The summed E-state index contributed by atoms with van der Waals surface area (Å²) in [4.78, 5) is 15.2. The molecule has 2 N–H and O–H groups in total. The third-order valence-corrected chi connectivity index (χ3v) is 1.83. The highest BCUT2D eigenvalue weighted by Crippen LogP contribution is 2.03. The van der Waals surface area contributed by atoms with E-state index in [-0.39, 0.29) is 5.97 Å². The molecule has 0 fully saturated rings. The van der Waals surface area contributed by atoms with Crippen LogP contribution in [0.15, 0.2) is 24.4 Å². The van der Waals surface area contributed by atoms with E-state index in [1.807, 2.05) is 12.2 Å². The normalized spacial score (nSPS) is 10.5. The van der Waals surface area contributed by atoms with E-state index in [1.54, 1.807) is 12.1 Å². The lowest BCUT2D eigenvalue weighted by Crippen LogP contribution is -2.01. The van der Waals surface area contributed by atoms with Crippen LogP contribution >= 0.6 is 0 Å². The summed E-state index contributed by atoms with van der Waals surface area (Å²) in [7, 11) is 1.34. The van der Waals surface area contributed by atoms with Crippen LogP contribution in [0.25, 0.3) is 6.08 Å². The summed E-state index contributed by atoms with van der Waals surface area (Å²) in [5.41, 5.74) is 6.60. The van der Waals surface area contributed by atoms with E-state index in [4.69, 9.17) is 5.73 Å². The fourth-order valence-electron chi connectivity index (χ4n) is 1.04. The summed E-state index contributed by atoms with van der Waals surface area (Å²) >= 11 is 0. The Morgan fingerprint density at radius 1 is 1.60 bits per heavy atom. The van der Waals surface area contributed by atoms with Gasteiger partial charge in [-0.15, -0.1) is 0 Å². The van der Waals surface area contributed by atoms with Crippen molar-refractivity contribution in [3.8, 4) is 0 Å². The van der Waals surface area contributed by atoms with Crippen molar-refractivity contribution in [1.82, 2.24) is 4.98 Å². The van der Waals surface area contributed by atoms with Crippen molar-refractivity contribution >= 4 is 12.0 Å². The maximum absolute atomic E-state index is 11.1. The Morgan fingerprint density at radius 3 is 2.93 bits per heavy atom. The van der Waals surface area contributed by atoms with Gasteiger partial charge in [0.15, 0.2) is 0 Å². The monoisotopic (exact) mass is 206 g/mol. The number of aromatic nitrogens is 1. The number of carbonyl (C=O) groups is 1. The summed E-state index contributed by atoms with van der Waals surface area (Å²) in [5.74, 6) is -0.375. The highest BCUT2D eigenvalue weighted by atomic mass is 16.5. The lowest BCUT2D eigenvalue weighted by Gasteiger charge is -1.98. The van der Waals surface area contributed by atoms with Crippen LogP contribution in [-0.2, 0) is 4.74 Å². The molecule has 0 atom stereocenters. The minimum atomic E-state index is -0.375. The zero-order valence-corrected chi connectivity index (χ0v) is 8.64. The average molecular weight is 206 g/mol. The Balaban J connectivity index is 2.68. The molecule has 1 heterocycles. The van der Waals surface area contributed by atoms with Crippen LogP contribution in [0.2, 0.25) is 0 Å². The van der Waals surface area contributed by atoms with Crippen molar-refractivity contribution < 1.29 is 9.53 Å². The largest absolute Gasteiger partial charge is 0.465 e. The van der Waals surface area contributed by atoms with Crippen molar-refractivity contribution in [1.29, 1.82) is 0 Å². The molecule has 0 bridgehead atoms. The minimum absolute atomic E-state index is 0.375. The fourth-order valence-corrected chi connectivity index (χ4v) is 1.04. The summed E-state index contributed by atoms with van der Waals surface area (Å²) in [5, 5.41) is 0. The van der Waals surface area contributed by atoms with Crippen LogP contribution in [0.5, 0.6) is 0 Å². The molecule has 0 aromatic carbocycles. The standard InChI is InChI=1S/C11H14N2O2/c1-15-11(14)9-5-6-10(13-8-9)4-2-3-7-12/h2,4-6,8H,3,7,12H2,1H3. The predicted octanol–water partition coefficient (Wildman–Crippen LogP) is 1.23. The minimum Gasteiger partial charge on any atom is -0.465 e. The second-order valence-corrected chi connectivity index (χ2v) is 2.94. The van der Waals surface area contributed by atoms with Gasteiger partial charge in [-0.1, -0.05) is 6.08 Å². The Morgan fingerprint density at radius 2 is 2.40 bits per heavy atom. The zero-order valence-electron chi connectivity index (χ0n) is 8.64. The first-order chi connectivity index (χ1) is 7.27. The number of hydrogen-bond acceptors (Lipinski definition) is 4. The molecular formula is C11H14N2O2. The first kappa shape index (κ1) is 11.4. The van der Waals surface area contributed by atoms with E-state index in [0.29, 0.717) is 12.1 Å². The number of nitrogens with zero attached hydrogens (tertiary/aromatic N) is 1. The van der Waals surface area contributed by atoms with Crippen LogP contribution in [0.1, 0.15) is 22.5 Å². The number of carbonyl (C=O) groups excluding carboxylic acids is 1. The summed E-state index contributed by atoms with van der Waals surface area (Å²) in [6.07, 6.45) is 6.13. The van der Waals surface area contributed by atoms with Gasteiger partial charge in [-0.3, -0.25) is 4.98 Å². The van der Waals surface area contributed by atoms with Crippen LogP contribution in [-0.4, -0.2) is 24.6 Å². The smallest absolute Gasteiger partial charge is 0.339 e. The van der Waals surface area contributed by atoms with Crippen molar-refractivity contribution in [3.63, 3.8) is 0 Å². The van der Waals surface area contributed by atoms with Gasteiger partial charge in [0.25, 0.3) is 0 Å². The predicted molar refractivity (Wildman–Crippen MR) is 58.3 cm³/mol. The molecular weight excluding hydrogens is 192 g/mol. The molecule has 15 heavy (non-hydrogen) atoms.